The number of carbonyl (C=O) groups is 2. The van der Waals surface area contributed by atoms with Crippen LogP contribution in [0.3, 0.4) is 0 Å². The van der Waals surface area contributed by atoms with Gasteiger partial charge in [-0.25, -0.2) is 0 Å². The molecule has 0 aliphatic heterocycles. The summed E-state index contributed by atoms with van der Waals surface area (Å²) in [6, 6.07) is 27.3. The molecule has 3 aromatic carbocycles. The number of benzene rings is 3. The first-order valence-electron chi connectivity index (χ1n) is 9.98. The van der Waals surface area contributed by atoms with Gasteiger partial charge in [0, 0.05) is 17.3 Å². The van der Waals surface area contributed by atoms with Gasteiger partial charge in [0.25, 0.3) is 5.91 Å². The molecule has 0 saturated heterocycles. The topological polar surface area (TPSA) is 49.4 Å². The summed E-state index contributed by atoms with van der Waals surface area (Å²) in [6.07, 6.45) is 2.53. The monoisotopic (exact) mass is 384 g/mol. The Morgan fingerprint density at radius 1 is 0.793 bits per heavy atom. The maximum Gasteiger partial charge on any atom is 0.258 e. The predicted molar refractivity (Wildman–Crippen MR) is 115 cm³/mol. The Balaban J connectivity index is 1.54. The summed E-state index contributed by atoms with van der Waals surface area (Å²) < 4.78 is 0. The zero-order valence-corrected chi connectivity index (χ0v) is 16.3. The quantitative estimate of drug-likeness (QED) is 0.658. The molecule has 4 nitrogen and oxygen atoms in total. The van der Waals surface area contributed by atoms with Gasteiger partial charge in [0.05, 0.1) is 13.0 Å². The number of amides is 2. The summed E-state index contributed by atoms with van der Waals surface area (Å²) in [4.78, 5) is 27.0. The highest BCUT2D eigenvalue weighted by atomic mass is 16.2. The van der Waals surface area contributed by atoms with Crippen LogP contribution < -0.4 is 10.2 Å². The van der Waals surface area contributed by atoms with E-state index >= 15 is 0 Å². The Hall–Kier alpha value is -3.40. The highest BCUT2D eigenvalue weighted by Crippen LogP contribution is 2.22. The third kappa shape index (κ3) is 5.11. The van der Waals surface area contributed by atoms with Crippen molar-refractivity contribution in [1.82, 2.24) is 5.32 Å². The van der Waals surface area contributed by atoms with E-state index in [1.54, 1.807) is 4.90 Å². The van der Waals surface area contributed by atoms with Crippen molar-refractivity contribution in [3.05, 3.63) is 102 Å². The minimum Gasteiger partial charge on any atom is -0.353 e. The van der Waals surface area contributed by atoms with E-state index < -0.39 is 0 Å². The lowest BCUT2D eigenvalue weighted by Crippen LogP contribution is -2.30. The number of rotatable bonds is 7. The summed E-state index contributed by atoms with van der Waals surface area (Å²) in [5.74, 6) is 0.00966. The van der Waals surface area contributed by atoms with E-state index in [2.05, 4.69) is 5.32 Å². The van der Waals surface area contributed by atoms with Gasteiger partial charge in [-0.05, 0) is 48.2 Å². The molecule has 1 N–H and O–H groups in total. The molecule has 4 rings (SSSR count). The number of nitrogens with zero attached hydrogens (tertiary/aromatic N) is 1. The number of nitrogens with one attached hydrogen (secondary N) is 1. The normalized spacial score (nSPS) is 13.0. The third-order valence-corrected chi connectivity index (χ3v) is 5.00. The molecule has 0 unspecified atom stereocenters. The van der Waals surface area contributed by atoms with Crippen LogP contribution in [0.5, 0.6) is 0 Å². The molecule has 0 bridgehead atoms. The van der Waals surface area contributed by atoms with E-state index in [-0.39, 0.29) is 11.8 Å². The van der Waals surface area contributed by atoms with Crippen LogP contribution >= 0.6 is 0 Å². The zero-order valence-electron chi connectivity index (χ0n) is 16.3. The Labute approximate surface area is 171 Å². The van der Waals surface area contributed by atoms with Crippen molar-refractivity contribution in [2.24, 2.45) is 0 Å². The Kier molecular flexibility index (Phi) is 5.71. The van der Waals surface area contributed by atoms with Gasteiger partial charge in [0.1, 0.15) is 0 Å². The minimum atomic E-state index is -0.0475. The number of hydrogen-bond donors (Lipinski definition) is 1. The van der Waals surface area contributed by atoms with Gasteiger partial charge in [-0.2, -0.15) is 0 Å². The summed E-state index contributed by atoms with van der Waals surface area (Å²) in [6.45, 7) is 0.482. The molecule has 1 fully saturated rings. The average molecular weight is 384 g/mol. The first kappa shape index (κ1) is 18.9. The molecule has 29 heavy (non-hydrogen) atoms. The van der Waals surface area contributed by atoms with Crippen LogP contribution in [0.4, 0.5) is 5.69 Å². The SMILES string of the molecule is O=C(Cc1ccc(N(Cc2ccccc2)C(=O)c2ccccc2)cc1)NC1CC1. The molecule has 146 valence electrons. The molecular formula is C25H24N2O2. The fraction of sp³-hybridized carbons (Fsp3) is 0.200. The lowest BCUT2D eigenvalue weighted by Gasteiger charge is -2.23. The predicted octanol–water partition coefficient (Wildman–Crippen LogP) is 4.35. The molecule has 3 aromatic rings. The molecule has 4 heteroatoms. The molecule has 2 amide bonds. The second-order valence-electron chi connectivity index (χ2n) is 7.43. The number of carbonyl (C=O) groups excluding carboxylic acids is 2. The molecule has 0 spiro atoms. The van der Waals surface area contributed by atoms with Crippen LogP contribution in [0.1, 0.15) is 34.3 Å². The van der Waals surface area contributed by atoms with Crippen molar-refractivity contribution in [3.63, 3.8) is 0 Å². The Morgan fingerprint density at radius 2 is 1.41 bits per heavy atom. The van der Waals surface area contributed by atoms with E-state index in [4.69, 9.17) is 0 Å². The molecule has 1 aliphatic rings. The van der Waals surface area contributed by atoms with E-state index in [0.717, 1.165) is 29.7 Å². The Bertz CT molecular complexity index is 965. The van der Waals surface area contributed by atoms with E-state index in [1.165, 1.54) is 0 Å². The second kappa shape index (κ2) is 8.74. The van der Waals surface area contributed by atoms with Crippen molar-refractivity contribution in [2.45, 2.75) is 31.8 Å². The summed E-state index contributed by atoms with van der Waals surface area (Å²) in [5, 5.41) is 3.01. The maximum absolute atomic E-state index is 13.2. The van der Waals surface area contributed by atoms with Gasteiger partial charge in [-0.15, -0.1) is 0 Å². The van der Waals surface area contributed by atoms with Gasteiger partial charge in [-0.3, -0.25) is 9.59 Å². The third-order valence-electron chi connectivity index (χ3n) is 5.00. The van der Waals surface area contributed by atoms with Crippen LogP contribution in [0.15, 0.2) is 84.9 Å². The van der Waals surface area contributed by atoms with E-state index in [0.29, 0.717) is 24.6 Å². The van der Waals surface area contributed by atoms with Crippen LogP contribution in [0, 0.1) is 0 Å². The van der Waals surface area contributed by atoms with Gasteiger partial charge in [0.15, 0.2) is 0 Å². The average Bonchev–Trinajstić information content (AvgIpc) is 3.57. The second-order valence-corrected chi connectivity index (χ2v) is 7.43. The molecular weight excluding hydrogens is 360 g/mol. The molecule has 0 atom stereocenters. The summed E-state index contributed by atoms with van der Waals surface area (Å²) in [7, 11) is 0. The van der Waals surface area contributed by atoms with E-state index in [9.17, 15) is 9.59 Å². The number of hydrogen-bond acceptors (Lipinski definition) is 2. The van der Waals surface area contributed by atoms with Crippen LogP contribution in [-0.2, 0) is 17.8 Å². The van der Waals surface area contributed by atoms with Gasteiger partial charge in [-0.1, -0.05) is 60.7 Å². The van der Waals surface area contributed by atoms with Crippen molar-refractivity contribution in [2.75, 3.05) is 4.90 Å². The number of anilines is 1. The highest BCUT2D eigenvalue weighted by molar-refractivity contribution is 6.06. The van der Waals surface area contributed by atoms with Crippen molar-refractivity contribution >= 4 is 17.5 Å². The van der Waals surface area contributed by atoms with E-state index in [1.807, 2.05) is 84.9 Å². The molecule has 0 heterocycles. The molecule has 1 saturated carbocycles. The fourth-order valence-corrected chi connectivity index (χ4v) is 3.27. The van der Waals surface area contributed by atoms with Crippen LogP contribution in [-0.4, -0.2) is 17.9 Å². The molecule has 1 aliphatic carbocycles. The highest BCUT2D eigenvalue weighted by Gasteiger charge is 2.23. The minimum absolute atomic E-state index is 0.0475. The van der Waals surface area contributed by atoms with Gasteiger partial charge < -0.3 is 10.2 Å². The van der Waals surface area contributed by atoms with Gasteiger partial charge in [0.2, 0.25) is 5.91 Å². The van der Waals surface area contributed by atoms with Crippen LogP contribution in [0.25, 0.3) is 0 Å². The van der Waals surface area contributed by atoms with Crippen LogP contribution in [0.2, 0.25) is 0 Å². The van der Waals surface area contributed by atoms with Crippen molar-refractivity contribution in [1.29, 1.82) is 0 Å². The maximum atomic E-state index is 13.2. The fourth-order valence-electron chi connectivity index (χ4n) is 3.27. The zero-order chi connectivity index (χ0) is 20.1. The summed E-state index contributed by atoms with van der Waals surface area (Å²) in [5.41, 5.74) is 3.47. The first-order valence-corrected chi connectivity index (χ1v) is 9.98. The molecule has 0 radical (unpaired) electrons. The lowest BCUT2D eigenvalue weighted by molar-refractivity contribution is -0.120. The lowest BCUT2D eigenvalue weighted by atomic mass is 10.1. The van der Waals surface area contributed by atoms with Crippen molar-refractivity contribution < 1.29 is 9.59 Å². The first-order chi connectivity index (χ1) is 14.2. The van der Waals surface area contributed by atoms with Gasteiger partial charge >= 0.3 is 0 Å². The largest absolute Gasteiger partial charge is 0.353 e. The smallest absolute Gasteiger partial charge is 0.258 e. The Morgan fingerprint density at radius 3 is 2.03 bits per heavy atom. The summed E-state index contributed by atoms with van der Waals surface area (Å²) >= 11 is 0. The molecule has 0 aromatic heterocycles. The van der Waals surface area contributed by atoms with Crippen molar-refractivity contribution in [3.8, 4) is 0 Å². The standard InChI is InChI=1S/C25H24N2O2/c28-24(26-22-13-14-22)17-19-11-15-23(16-12-19)27(18-20-7-3-1-4-8-20)25(29)21-9-5-2-6-10-21/h1-12,15-16,22H,13-14,17-18H2,(H,26,28).